The SMILES string of the molecule is COc1cc(C(=O)O)ccc1-c1c(C(C)C)n(-c2ccc(F)cc2)c2cc3cnn(C(=O)C(C)(C)C)c3cc12. The highest BCUT2D eigenvalue weighted by Gasteiger charge is 2.28. The predicted molar refractivity (Wildman–Crippen MR) is 150 cm³/mol. The van der Waals surface area contributed by atoms with Gasteiger partial charge in [0.1, 0.15) is 11.6 Å². The minimum Gasteiger partial charge on any atom is -0.496 e. The lowest BCUT2D eigenvalue weighted by molar-refractivity contribution is 0.0695. The number of carboxylic acid groups (broad SMARTS) is 1. The highest BCUT2D eigenvalue weighted by atomic mass is 19.1. The zero-order valence-corrected chi connectivity index (χ0v) is 22.7. The summed E-state index contributed by atoms with van der Waals surface area (Å²) in [5, 5.41) is 15.6. The molecule has 7 nitrogen and oxygen atoms in total. The molecule has 0 atom stereocenters. The van der Waals surface area contributed by atoms with Crippen molar-refractivity contribution in [2.45, 2.75) is 40.5 Å². The third-order valence-electron chi connectivity index (χ3n) is 6.88. The highest BCUT2D eigenvalue weighted by molar-refractivity contribution is 6.08. The molecular weight excluding hydrogens is 497 g/mol. The number of hydrogen-bond donors (Lipinski definition) is 1. The fraction of sp³-hybridized carbons (Fsp3) is 0.258. The zero-order chi connectivity index (χ0) is 28.2. The van der Waals surface area contributed by atoms with E-state index < -0.39 is 11.4 Å². The minimum atomic E-state index is -1.05. The highest BCUT2D eigenvalue weighted by Crippen LogP contribution is 2.45. The molecule has 2 aromatic heterocycles. The van der Waals surface area contributed by atoms with Gasteiger partial charge in [-0.3, -0.25) is 4.79 Å². The van der Waals surface area contributed by atoms with Crippen LogP contribution < -0.4 is 4.74 Å². The molecule has 2 heterocycles. The molecule has 0 fully saturated rings. The summed E-state index contributed by atoms with van der Waals surface area (Å²) in [5.41, 5.74) is 4.25. The normalized spacial score (nSPS) is 12.0. The van der Waals surface area contributed by atoms with Crippen molar-refractivity contribution < 1.29 is 23.8 Å². The largest absolute Gasteiger partial charge is 0.496 e. The minimum absolute atomic E-state index is 0.0112. The molecule has 0 saturated carbocycles. The van der Waals surface area contributed by atoms with Crippen molar-refractivity contribution in [3.63, 3.8) is 0 Å². The van der Waals surface area contributed by atoms with Crippen LogP contribution in [0.4, 0.5) is 4.39 Å². The standard InChI is InChI=1S/C31H30FN3O4/c1-17(2)28-27(22-12-7-18(29(36)37)14-26(22)39-6)23-15-24-19(16-33-35(24)30(38)31(3,4)5)13-25(23)34(28)21-10-8-20(32)9-11-21/h7-17H,1-6H3,(H,36,37). The first-order valence-electron chi connectivity index (χ1n) is 12.7. The summed E-state index contributed by atoms with van der Waals surface area (Å²) >= 11 is 0. The van der Waals surface area contributed by atoms with E-state index in [1.165, 1.54) is 30.0 Å². The number of aromatic carboxylic acids is 1. The molecule has 0 amide bonds. The molecular formula is C31H30FN3O4. The van der Waals surface area contributed by atoms with Crippen molar-refractivity contribution in [3.05, 3.63) is 77.9 Å². The maximum atomic E-state index is 13.9. The Morgan fingerprint density at radius 1 is 1.00 bits per heavy atom. The number of nitrogens with zero attached hydrogens (tertiary/aromatic N) is 3. The van der Waals surface area contributed by atoms with Gasteiger partial charge in [-0.2, -0.15) is 9.78 Å². The zero-order valence-electron chi connectivity index (χ0n) is 22.7. The summed E-state index contributed by atoms with van der Waals surface area (Å²) in [5.74, 6) is -1.10. The summed E-state index contributed by atoms with van der Waals surface area (Å²) in [6.07, 6.45) is 1.68. The molecule has 8 heteroatoms. The molecule has 1 N–H and O–H groups in total. The molecule has 0 aliphatic heterocycles. The molecule has 0 spiro atoms. The van der Waals surface area contributed by atoms with Crippen molar-refractivity contribution in [2.75, 3.05) is 7.11 Å². The van der Waals surface area contributed by atoms with Crippen LogP contribution in [-0.2, 0) is 0 Å². The quantitative estimate of drug-likeness (QED) is 0.259. The molecule has 0 aliphatic rings. The topological polar surface area (TPSA) is 86.3 Å². The lowest BCUT2D eigenvalue weighted by Gasteiger charge is -2.17. The Hall–Kier alpha value is -4.46. The Kier molecular flexibility index (Phi) is 6.29. The van der Waals surface area contributed by atoms with Crippen LogP contribution in [0.15, 0.2) is 60.8 Å². The Morgan fingerprint density at radius 2 is 1.69 bits per heavy atom. The number of carbonyl (C=O) groups is 2. The molecule has 0 unspecified atom stereocenters. The van der Waals surface area contributed by atoms with Gasteiger partial charge in [0, 0.05) is 38.7 Å². The van der Waals surface area contributed by atoms with E-state index in [-0.39, 0.29) is 23.2 Å². The number of rotatable bonds is 5. The second-order valence-corrected chi connectivity index (χ2v) is 11.0. The van der Waals surface area contributed by atoms with E-state index in [4.69, 9.17) is 4.74 Å². The van der Waals surface area contributed by atoms with Gasteiger partial charge in [0.05, 0.1) is 29.9 Å². The van der Waals surface area contributed by atoms with Gasteiger partial charge in [-0.15, -0.1) is 0 Å². The van der Waals surface area contributed by atoms with Crippen molar-refractivity contribution in [2.24, 2.45) is 5.41 Å². The van der Waals surface area contributed by atoms with Crippen molar-refractivity contribution in [1.29, 1.82) is 0 Å². The first kappa shape index (κ1) is 26.2. The number of halogens is 1. The first-order chi connectivity index (χ1) is 18.4. The molecule has 0 saturated heterocycles. The average Bonchev–Trinajstić information content (AvgIpc) is 3.45. The van der Waals surface area contributed by atoms with Crippen molar-refractivity contribution in [1.82, 2.24) is 14.3 Å². The number of fused-ring (bicyclic) bond motifs is 2. The van der Waals surface area contributed by atoms with Gasteiger partial charge in [0.2, 0.25) is 0 Å². The molecule has 5 aromatic rings. The van der Waals surface area contributed by atoms with Crippen LogP contribution in [0, 0.1) is 11.2 Å². The predicted octanol–water partition coefficient (Wildman–Crippen LogP) is 7.30. The molecule has 3 aromatic carbocycles. The maximum absolute atomic E-state index is 13.9. The number of carbonyl (C=O) groups excluding carboxylic acids is 1. The Labute approximate surface area is 225 Å². The number of hydrogen-bond acceptors (Lipinski definition) is 4. The number of benzene rings is 3. The smallest absolute Gasteiger partial charge is 0.335 e. The van der Waals surface area contributed by atoms with Gasteiger partial charge in [0.15, 0.2) is 0 Å². The fourth-order valence-electron chi connectivity index (χ4n) is 5.04. The van der Waals surface area contributed by atoms with Crippen LogP contribution in [0.1, 0.15) is 61.4 Å². The monoisotopic (exact) mass is 527 g/mol. The van der Waals surface area contributed by atoms with Gasteiger partial charge < -0.3 is 14.4 Å². The molecule has 0 aliphatic carbocycles. The fourth-order valence-corrected chi connectivity index (χ4v) is 5.04. The molecule has 39 heavy (non-hydrogen) atoms. The van der Waals surface area contributed by atoms with Crippen LogP contribution in [0.3, 0.4) is 0 Å². The lowest BCUT2D eigenvalue weighted by atomic mass is 9.94. The van der Waals surface area contributed by atoms with Gasteiger partial charge in [-0.05, 0) is 60.5 Å². The van der Waals surface area contributed by atoms with Crippen LogP contribution >= 0.6 is 0 Å². The van der Waals surface area contributed by atoms with E-state index in [1.54, 1.807) is 30.5 Å². The van der Waals surface area contributed by atoms with Crippen LogP contribution in [0.2, 0.25) is 0 Å². The van der Waals surface area contributed by atoms with E-state index in [1.807, 2.05) is 32.9 Å². The molecule has 200 valence electrons. The maximum Gasteiger partial charge on any atom is 0.335 e. The number of ether oxygens (including phenoxy) is 1. The third-order valence-corrected chi connectivity index (χ3v) is 6.88. The van der Waals surface area contributed by atoms with E-state index in [9.17, 15) is 19.1 Å². The van der Waals surface area contributed by atoms with Crippen molar-refractivity contribution >= 4 is 33.7 Å². The Morgan fingerprint density at radius 3 is 2.28 bits per heavy atom. The van der Waals surface area contributed by atoms with E-state index >= 15 is 0 Å². The first-order valence-corrected chi connectivity index (χ1v) is 12.7. The Balaban J connectivity index is 1.95. The summed E-state index contributed by atoms with van der Waals surface area (Å²) in [6, 6.07) is 15.1. The third kappa shape index (κ3) is 4.35. The van der Waals surface area contributed by atoms with E-state index in [0.717, 1.165) is 33.2 Å². The summed E-state index contributed by atoms with van der Waals surface area (Å²) in [6.45, 7) is 9.69. The van der Waals surface area contributed by atoms with E-state index in [0.29, 0.717) is 16.8 Å². The van der Waals surface area contributed by atoms with Gasteiger partial charge in [-0.25, -0.2) is 9.18 Å². The average molecular weight is 528 g/mol. The second-order valence-electron chi connectivity index (χ2n) is 11.0. The number of methoxy groups -OCH3 is 1. The lowest BCUT2D eigenvalue weighted by Crippen LogP contribution is -2.27. The van der Waals surface area contributed by atoms with Crippen LogP contribution in [0.25, 0.3) is 38.6 Å². The number of aromatic nitrogens is 3. The number of carboxylic acids is 1. The Bertz CT molecular complexity index is 1760. The molecule has 0 radical (unpaired) electrons. The summed E-state index contributed by atoms with van der Waals surface area (Å²) in [7, 11) is 1.51. The summed E-state index contributed by atoms with van der Waals surface area (Å²) in [4.78, 5) is 24.9. The van der Waals surface area contributed by atoms with Gasteiger partial charge in [0.25, 0.3) is 5.91 Å². The molecule has 5 rings (SSSR count). The van der Waals surface area contributed by atoms with Gasteiger partial charge >= 0.3 is 5.97 Å². The van der Waals surface area contributed by atoms with Crippen LogP contribution in [-0.4, -0.2) is 38.4 Å². The molecule has 0 bridgehead atoms. The second kappa shape index (κ2) is 9.38. The van der Waals surface area contributed by atoms with E-state index in [2.05, 4.69) is 23.5 Å². The summed E-state index contributed by atoms with van der Waals surface area (Å²) < 4.78 is 23.1. The van der Waals surface area contributed by atoms with Gasteiger partial charge in [-0.1, -0.05) is 34.6 Å². The van der Waals surface area contributed by atoms with Crippen LogP contribution in [0.5, 0.6) is 5.75 Å². The van der Waals surface area contributed by atoms with Crippen molar-refractivity contribution in [3.8, 4) is 22.6 Å².